The van der Waals surface area contributed by atoms with E-state index in [1.54, 1.807) is 36.8 Å². The largest absolute Gasteiger partial charge is 0.484 e. The van der Waals surface area contributed by atoms with Crippen LogP contribution in [0.2, 0.25) is 0 Å². The number of imidazole rings is 1. The molecule has 6 nitrogen and oxygen atoms in total. The Morgan fingerprint density at radius 2 is 2.00 bits per heavy atom. The summed E-state index contributed by atoms with van der Waals surface area (Å²) >= 11 is 0. The number of nitrogens with one attached hydrogen (secondary N) is 1. The Bertz CT molecular complexity index is 904. The number of rotatable bonds is 7. The highest BCUT2D eigenvalue weighted by molar-refractivity contribution is 5.94. The number of aromatic nitrogens is 2. The molecule has 0 saturated heterocycles. The van der Waals surface area contributed by atoms with Gasteiger partial charge in [-0.1, -0.05) is 30.3 Å². The fraction of sp³-hybridized carbons (Fsp3) is 0.150. The van der Waals surface area contributed by atoms with Crippen molar-refractivity contribution in [3.8, 4) is 11.4 Å². The third kappa shape index (κ3) is 4.36. The van der Waals surface area contributed by atoms with Crippen LogP contribution >= 0.6 is 0 Å². The topological polar surface area (TPSA) is 73.2 Å². The quantitative estimate of drug-likeness (QED) is 0.666. The molecule has 0 bridgehead atoms. The van der Waals surface area contributed by atoms with Gasteiger partial charge in [-0.25, -0.2) is 4.98 Å². The number of amides is 1. The maximum atomic E-state index is 12.1. The molecule has 0 aliphatic heterocycles. The van der Waals surface area contributed by atoms with Gasteiger partial charge in [0.2, 0.25) is 0 Å². The van der Waals surface area contributed by atoms with Crippen LogP contribution in [-0.4, -0.2) is 27.8 Å². The number of carbonyl (C=O) groups excluding carboxylic acids is 2. The van der Waals surface area contributed by atoms with Gasteiger partial charge in [-0.05, 0) is 30.7 Å². The van der Waals surface area contributed by atoms with E-state index in [1.165, 1.54) is 6.92 Å². The van der Waals surface area contributed by atoms with E-state index in [1.807, 2.05) is 35.0 Å². The fourth-order valence-corrected chi connectivity index (χ4v) is 2.51. The zero-order valence-electron chi connectivity index (χ0n) is 14.4. The Morgan fingerprint density at radius 3 is 2.77 bits per heavy atom. The van der Waals surface area contributed by atoms with Crippen LogP contribution in [-0.2, 0) is 11.3 Å². The highest BCUT2D eigenvalue weighted by atomic mass is 16.5. The summed E-state index contributed by atoms with van der Waals surface area (Å²) < 4.78 is 7.36. The highest BCUT2D eigenvalue weighted by Crippen LogP contribution is 2.15. The number of hydrogen-bond acceptors (Lipinski definition) is 4. The van der Waals surface area contributed by atoms with Crippen molar-refractivity contribution in [1.29, 1.82) is 0 Å². The normalized spacial score (nSPS) is 10.3. The van der Waals surface area contributed by atoms with E-state index in [2.05, 4.69) is 10.3 Å². The minimum Gasteiger partial charge on any atom is -0.484 e. The molecule has 0 radical (unpaired) electrons. The van der Waals surface area contributed by atoms with Crippen LogP contribution in [0.5, 0.6) is 5.75 Å². The fourth-order valence-electron chi connectivity index (χ4n) is 2.51. The van der Waals surface area contributed by atoms with Crippen molar-refractivity contribution in [3.63, 3.8) is 0 Å². The first-order chi connectivity index (χ1) is 12.6. The van der Waals surface area contributed by atoms with Gasteiger partial charge < -0.3 is 14.6 Å². The van der Waals surface area contributed by atoms with Crippen LogP contribution in [0.3, 0.4) is 0 Å². The average molecular weight is 349 g/mol. The van der Waals surface area contributed by atoms with Gasteiger partial charge in [0.15, 0.2) is 12.4 Å². The molecule has 0 spiro atoms. The van der Waals surface area contributed by atoms with Gasteiger partial charge >= 0.3 is 0 Å². The molecule has 0 atom stereocenters. The molecule has 132 valence electrons. The zero-order chi connectivity index (χ0) is 18.4. The molecule has 2 aromatic carbocycles. The number of nitrogens with zero attached hydrogens (tertiary/aromatic N) is 2. The van der Waals surface area contributed by atoms with Crippen LogP contribution in [0, 0.1) is 0 Å². The Balaban J connectivity index is 1.57. The lowest BCUT2D eigenvalue weighted by Gasteiger charge is -2.12. The molecule has 0 aliphatic carbocycles. The standard InChI is InChI=1S/C20H19N3O3/c1-15(24)16-6-4-7-18(11-16)26-13-20(25)22-12-17-5-2-3-8-19(17)23-10-9-21-14-23/h2-11,14H,12-13H2,1H3,(H,22,25). The smallest absolute Gasteiger partial charge is 0.258 e. The molecule has 0 unspecified atom stereocenters. The average Bonchev–Trinajstić information content (AvgIpc) is 3.19. The van der Waals surface area contributed by atoms with E-state index in [-0.39, 0.29) is 18.3 Å². The Morgan fingerprint density at radius 1 is 1.15 bits per heavy atom. The number of Topliss-reactive ketones (excluding diaryl/α,β-unsaturated/α-hetero) is 1. The van der Waals surface area contributed by atoms with Crippen molar-refractivity contribution in [2.45, 2.75) is 13.5 Å². The minimum absolute atomic E-state index is 0.0454. The Hall–Kier alpha value is -3.41. The lowest BCUT2D eigenvalue weighted by molar-refractivity contribution is -0.123. The molecule has 26 heavy (non-hydrogen) atoms. The molecule has 0 aliphatic rings. The first-order valence-electron chi connectivity index (χ1n) is 8.20. The van der Waals surface area contributed by atoms with Gasteiger partial charge in [-0.2, -0.15) is 0 Å². The number of benzene rings is 2. The number of carbonyl (C=O) groups is 2. The van der Waals surface area contributed by atoms with Crippen LogP contribution < -0.4 is 10.1 Å². The second-order valence-electron chi connectivity index (χ2n) is 5.75. The minimum atomic E-state index is -0.237. The number of ether oxygens (including phenoxy) is 1. The van der Waals surface area contributed by atoms with Crippen molar-refractivity contribution in [2.75, 3.05) is 6.61 Å². The summed E-state index contributed by atoms with van der Waals surface area (Å²) in [7, 11) is 0. The van der Waals surface area contributed by atoms with Crippen molar-refractivity contribution in [2.24, 2.45) is 0 Å². The molecule has 0 saturated carbocycles. The van der Waals surface area contributed by atoms with Crippen LogP contribution in [0.1, 0.15) is 22.8 Å². The highest BCUT2D eigenvalue weighted by Gasteiger charge is 2.08. The van der Waals surface area contributed by atoms with Gasteiger partial charge in [-0.3, -0.25) is 9.59 Å². The molecule has 1 amide bonds. The third-order valence-electron chi connectivity index (χ3n) is 3.86. The lowest BCUT2D eigenvalue weighted by Crippen LogP contribution is -2.28. The van der Waals surface area contributed by atoms with E-state index >= 15 is 0 Å². The summed E-state index contributed by atoms with van der Waals surface area (Å²) in [5.41, 5.74) is 2.48. The van der Waals surface area contributed by atoms with Gasteiger partial charge in [0.25, 0.3) is 5.91 Å². The van der Waals surface area contributed by atoms with Crippen molar-refractivity contribution in [1.82, 2.24) is 14.9 Å². The van der Waals surface area contributed by atoms with Gasteiger partial charge in [0, 0.05) is 24.5 Å². The predicted octanol–water partition coefficient (Wildman–Crippen LogP) is 2.77. The zero-order valence-corrected chi connectivity index (χ0v) is 14.4. The molecule has 3 rings (SSSR count). The molecule has 0 fully saturated rings. The maximum absolute atomic E-state index is 12.1. The lowest BCUT2D eigenvalue weighted by atomic mass is 10.1. The molecule has 1 N–H and O–H groups in total. The second kappa shape index (κ2) is 8.11. The van der Waals surface area contributed by atoms with E-state index < -0.39 is 0 Å². The van der Waals surface area contributed by atoms with Crippen LogP contribution in [0.4, 0.5) is 0 Å². The Kier molecular flexibility index (Phi) is 5.43. The van der Waals surface area contributed by atoms with E-state index in [4.69, 9.17) is 4.74 Å². The molecular formula is C20H19N3O3. The summed E-state index contributed by atoms with van der Waals surface area (Å²) in [6.07, 6.45) is 5.27. The predicted molar refractivity (Wildman–Crippen MR) is 97.4 cm³/mol. The number of para-hydroxylation sites is 1. The van der Waals surface area contributed by atoms with E-state index in [0.29, 0.717) is 17.9 Å². The summed E-state index contributed by atoms with van der Waals surface area (Å²) in [6, 6.07) is 14.6. The maximum Gasteiger partial charge on any atom is 0.258 e. The molecular weight excluding hydrogens is 330 g/mol. The van der Waals surface area contributed by atoms with E-state index in [9.17, 15) is 9.59 Å². The van der Waals surface area contributed by atoms with Crippen LogP contribution in [0.25, 0.3) is 5.69 Å². The van der Waals surface area contributed by atoms with E-state index in [0.717, 1.165) is 11.3 Å². The van der Waals surface area contributed by atoms with Crippen LogP contribution in [0.15, 0.2) is 67.3 Å². The molecule has 6 heteroatoms. The summed E-state index contributed by atoms with van der Waals surface area (Å²) in [4.78, 5) is 27.5. The summed E-state index contributed by atoms with van der Waals surface area (Å²) in [5.74, 6) is 0.210. The Labute approximate surface area is 151 Å². The van der Waals surface area contributed by atoms with Crippen molar-refractivity contribution < 1.29 is 14.3 Å². The van der Waals surface area contributed by atoms with Gasteiger partial charge in [0.1, 0.15) is 5.75 Å². The van der Waals surface area contributed by atoms with Gasteiger partial charge in [-0.15, -0.1) is 0 Å². The first-order valence-corrected chi connectivity index (χ1v) is 8.20. The van der Waals surface area contributed by atoms with Crippen molar-refractivity contribution >= 4 is 11.7 Å². The summed E-state index contributed by atoms with van der Waals surface area (Å²) in [5, 5.41) is 2.84. The number of hydrogen-bond donors (Lipinski definition) is 1. The molecule has 3 aromatic rings. The number of ketones is 1. The monoisotopic (exact) mass is 349 g/mol. The molecule has 1 aromatic heterocycles. The second-order valence-corrected chi connectivity index (χ2v) is 5.75. The molecule has 1 heterocycles. The van der Waals surface area contributed by atoms with Crippen molar-refractivity contribution in [3.05, 3.63) is 78.4 Å². The SMILES string of the molecule is CC(=O)c1cccc(OCC(=O)NCc2ccccc2-n2ccnc2)c1. The summed E-state index contributed by atoms with van der Waals surface area (Å²) in [6.45, 7) is 1.75. The first kappa shape index (κ1) is 17.4. The van der Waals surface area contributed by atoms with Gasteiger partial charge in [0.05, 0.1) is 12.0 Å². The third-order valence-corrected chi connectivity index (χ3v) is 3.86.